The number of nitrogens with zero attached hydrogens (tertiary/aromatic N) is 2. The Kier molecular flexibility index (Phi) is 10.0. The van der Waals surface area contributed by atoms with Crippen LogP contribution >= 0.6 is 0 Å². The third kappa shape index (κ3) is 7.40. The van der Waals surface area contributed by atoms with E-state index in [-0.39, 0.29) is 11.4 Å². The predicted octanol–water partition coefficient (Wildman–Crippen LogP) is 3.27. The summed E-state index contributed by atoms with van der Waals surface area (Å²) in [6.07, 6.45) is 2.32. The van der Waals surface area contributed by atoms with Crippen molar-refractivity contribution in [2.24, 2.45) is 0 Å². The molecule has 0 aliphatic carbocycles. The van der Waals surface area contributed by atoms with Crippen LogP contribution in [0.2, 0.25) is 0 Å². The van der Waals surface area contributed by atoms with Gasteiger partial charge in [0.15, 0.2) is 0 Å². The van der Waals surface area contributed by atoms with Gasteiger partial charge in [0.1, 0.15) is 0 Å². The molecule has 1 amide bonds. The Morgan fingerprint density at radius 3 is 1.91 bits per heavy atom. The topological polar surface area (TPSA) is 107 Å². The average Bonchev–Trinajstić information content (AvgIpc) is 2.82. The SMILES string of the molecule is CCC(=O)N(c1ccccc1)C1(COC)CCN(Cc2ccccc2)CC1.O=C(O)C(=O)O. The van der Waals surface area contributed by atoms with E-state index in [1.165, 1.54) is 5.56 Å². The molecule has 0 bridgehead atoms. The molecule has 0 aromatic heterocycles. The number of hydrogen-bond acceptors (Lipinski definition) is 5. The smallest absolute Gasteiger partial charge is 0.414 e. The Morgan fingerprint density at radius 1 is 0.939 bits per heavy atom. The summed E-state index contributed by atoms with van der Waals surface area (Å²) < 4.78 is 5.62. The summed E-state index contributed by atoms with van der Waals surface area (Å²) in [7, 11) is 1.73. The van der Waals surface area contributed by atoms with Gasteiger partial charge < -0.3 is 19.8 Å². The first-order valence-electron chi connectivity index (χ1n) is 10.9. The van der Waals surface area contributed by atoms with E-state index in [4.69, 9.17) is 24.5 Å². The quantitative estimate of drug-likeness (QED) is 0.616. The van der Waals surface area contributed by atoms with Gasteiger partial charge in [-0.1, -0.05) is 55.5 Å². The number of methoxy groups -OCH3 is 1. The lowest BCUT2D eigenvalue weighted by Crippen LogP contribution is -2.60. The summed E-state index contributed by atoms with van der Waals surface area (Å²) in [6, 6.07) is 20.6. The molecule has 3 rings (SSSR count). The van der Waals surface area contributed by atoms with E-state index in [2.05, 4.69) is 35.2 Å². The highest BCUT2D eigenvalue weighted by molar-refractivity contribution is 6.27. The largest absolute Gasteiger partial charge is 0.473 e. The molecule has 0 radical (unpaired) electrons. The van der Waals surface area contributed by atoms with Crippen LogP contribution in [0.5, 0.6) is 0 Å². The molecule has 0 spiro atoms. The molecule has 0 saturated carbocycles. The van der Waals surface area contributed by atoms with Crippen molar-refractivity contribution in [3.63, 3.8) is 0 Å². The second-order valence-corrected chi connectivity index (χ2v) is 7.95. The fraction of sp³-hybridized carbons (Fsp3) is 0.400. The molecule has 0 atom stereocenters. The van der Waals surface area contributed by atoms with Gasteiger partial charge in [0, 0.05) is 38.9 Å². The average molecular weight is 457 g/mol. The number of amides is 1. The highest BCUT2D eigenvalue weighted by Crippen LogP contribution is 2.35. The van der Waals surface area contributed by atoms with Crippen LogP contribution < -0.4 is 4.90 Å². The number of carbonyl (C=O) groups is 3. The molecule has 33 heavy (non-hydrogen) atoms. The van der Waals surface area contributed by atoms with Gasteiger partial charge >= 0.3 is 11.9 Å². The van der Waals surface area contributed by atoms with E-state index in [1.54, 1.807) is 7.11 Å². The molecule has 2 N–H and O–H groups in total. The zero-order valence-electron chi connectivity index (χ0n) is 19.1. The van der Waals surface area contributed by atoms with Gasteiger partial charge in [-0.25, -0.2) is 9.59 Å². The van der Waals surface area contributed by atoms with Gasteiger partial charge in [-0.2, -0.15) is 0 Å². The molecule has 1 fully saturated rings. The summed E-state index contributed by atoms with van der Waals surface area (Å²) in [4.78, 5) is 35.6. The number of carbonyl (C=O) groups excluding carboxylic acids is 1. The number of para-hydroxylation sites is 1. The van der Waals surface area contributed by atoms with Crippen LogP contribution in [0.1, 0.15) is 31.7 Å². The van der Waals surface area contributed by atoms with Gasteiger partial charge in [-0.3, -0.25) is 9.69 Å². The summed E-state index contributed by atoms with van der Waals surface area (Å²) in [6.45, 7) is 5.37. The number of rotatable bonds is 7. The Labute approximate surface area is 194 Å². The Morgan fingerprint density at radius 2 is 1.45 bits per heavy atom. The van der Waals surface area contributed by atoms with E-state index in [0.29, 0.717) is 13.0 Å². The Bertz CT molecular complexity index is 884. The minimum atomic E-state index is -1.82. The molecule has 1 saturated heterocycles. The summed E-state index contributed by atoms with van der Waals surface area (Å²) in [5.41, 5.74) is 2.02. The maximum Gasteiger partial charge on any atom is 0.414 e. The van der Waals surface area contributed by atoms with Gasteiger partial charge in [-0.05, 0) is 30.5 Å². The zero-order valence-corrected chi connectivity index (χ0v) is 19.1. The van der Waals surface area contributed by atoms with Crippen LogP contribution in [-0.4, -0.2) is 65.3 Å². The number of aliphatic carboxylic acids is 2. The summed E-state index contributed by atoms with van der Waals surface area (Å²) in [5, 5.41) is 14.8. The van der Waals surface area contributed by atoms with Crippen LogP contribution in [0.4, 0.5) is 5.69 Å². The summed E-state index contributed by atoms with van der Waals surface area (Å²) >= 11 is 0. The van der Waals surface area contributed by atoms with Crippen molar-refractivity contribution in [1.29, 1.82) is 0 Å². The number of benzene rings is 2. The molecule has 2 aromatic rings. The predicted molar refractivity (Wildman–Crippen MR) is 125 cm³/mol. The number of ether oxygens (including phenoxy) is 1. The lowest BCUT2D eigenvalue weighted by atomic mass is 9.85. The van der Waals surface area contributed by atoms with Crippen molar-refractivity contribution in [1.82, 2.24) is 4.90 Å². The number of carboxylic acids is 2. The van der Waals surface area contributed by atoms with Crippen LogP contribution in [0.25, 0.3) is 0 Å². The maximum absolute atomic E-state index is 12.9. The van der Waals surface area contributed by atoms with Crippen LogP contribution in [-0.2, 0) is 25.7 Å². The maximum atomic E-state index is 12.9. The fourth-order valence-electron chi connectivity index (χ4n) is 4.09. The Hall–Kier alpha value is -3.23. The summed E-state index contributed by atoms with van der Waals surface area (Å²) in [5.74, 6) is -3.49. The van der Waals surface area contributed by atoms with Crippen molar-refractivity contribution >= 4 is 23.5 Å². The van der Waals surface area contributed by atoms with Crippen LogP contribution in [0, 0.1) is 0 Å². The lowest BCUT2D eigenvalue weighted by molar-refractivity contribution is -0.159. The van der Waals surface area contributed by atoms with Crippen molar-refractivity contribution in [3.8, 4) is 0 Å². The molecular weight excluding hydrogens is 424 g/mol. The molecule has 1 heterocycles. The van der Waals surface area contributed by atoms with E-state index in [9.17, 15) is 4.79 Å². The minimum absolute atomic E-state index is 0.162. The van der Waals surface area contributed by atoms with Crippen molar-refractivity contribution in [2.75, 3.05) is 31.7 Å². The van der Waals surface area contributed by atoms with Gasteiger partial charge in [-0.15, -0.1) is 0 Å². The molecule has 178 valence electrons. The number of anilines is 1. The molecule has 1 aliphatic heterocycles. The van der Waals surface area contributed by atoms with E-state index < -0.39 is 11.9 Å². The highest BCUT2D eigenvalue weighted by Gasteiger charge is 2.42. The van der Waals surface area contributed by atoms with Crippen LogP contribution in [0.3, 0.4) is 0 Å². The first-order valence-corrected chi connectivity index (χ1v) is 10.9. The van der Waals surface area contributed by atoms with Gasteiger partial charge in [0.25, 0.3) is 0 Å². The second kappa shape index (κ2) is 12.7. The number of hydrogen-bond donors (Lipinski definition) is 2. The third-order valence-corrected chi connectivity index (χ3v) is 5.67. The molecular formula is C25H32N2O6. The van der Waals surface area contributed by atoms with Gasteiger partial charge in [0.05, 0.1) is 12.1 Å². The zero-order chi connectivity index (χ0) is 24.3. The molecule has 1 aliphatic rings. The van der Waals surface area contributed by atoms with Crippen molar-refractivity contribution in [2.45, 2.75) is 38.3 Å². The first kappa shape index (κ1) is 26.0. The normalized spacial score (nSPS) is 15.1. The van der Waals surface area contributed by atoms with E-state index >= 15 is 0 Å². The van der Waals surface area contributed by atoms with Gasteiger partial charge in [0.2, 0.25) is 5.91 Å². The monoisotopic (exact) mass is 456 g/mol. The molecule has 2 aromatic carbocycles. The van der Waals surface area contributed by atoms with Crippen molar-refractivity contribution in [3.05, 3.63) is 66.2 Å². The molecule has 0 unspecified atom stereocenters. The van der Waals surface area contributed by atoms with Crippen LogP contribution in [0.15, 0.2) is 60.7 Å². The first-order chi connectivity index (χ1) is 15.8. The molecule has 8 heteroatoms. The lowest BCUT2D eigenvalue weighted by Gasteiger charge is -2.48. The molecule has 8 nitrogen and oxygen atoms in total. The number of piperidine rings is 1. The number of carboxylic acid groups (broad SMARTS) is 2. The standard InChI is InChI=1S/C23H30N2O2.C2H2O4/c1-3-22(26)25(21-12-8-5-9-13-21)23(19-27-2)14-16-24(17-15-23)18-20-10-6-4-7-11-20;3-1(4)2(5)6/h4-13H,3,14-19H2,1-2H3;(H,3,4)(H,5,6). The third-order valence-electron chi connectivity index (χ3n) is 5.67. The fourth-order valence-corrected chi connectivity index (χ4v) is 4.09. The number of likely N-dealkylation sites (tertiary alicyclic amines) is 1. The highest BCUT2D eigenvalue weighted by atomic mass is 16.5. The van der Waals surface area contributed by atoms with E-state index in [0.717, 1.165) is 38.2 Å². The minimum Gasteiger partial charge on any atom is -0.473 e. The Balaban J connectivity index is 0.000000569. The van der Waals surface area contributed by atoms with Crippen molar-refractivity contribution < 1.29 is 29.3 Å². The second-order valence-electron chi connectivity index (χ2n) is 7.95. The van der Waals surface area contributed by atoms with E-state index in [1.807, 2.05) is 42.2 Å².